The molecule has 6 heteroatoms. The molecule has 5 nitrogen and oxygen atoms in total. The monoisotopic (exact) mass is 308 g/mol. The summed E-state index contributed by atoms with van der Waals surface area (Å²) in [6.07, 6.45) is 0.774. The Labute approximate surface area is 127 Å². The SMILES string of the molecule is CCC(O)CCNC(=O)c1cc(-c2cccc(Cl)c2)no1. The number of benzene rings is 1. The van der Waals surface area contributed by atoms with E-state index in [-0.39, 0.29) is 11.7 Å². The molecule has 0 saturated carbocycles. The Balaban J connectivity index is 1.98. The molecule has 0 saturated heterocycles. The van der Waals surface area contributed by atoms with Gasteiger partial charge in [0, 0.05) is 23.2 Å². The fraction of sp³-hybridized carbons (Fsp3) is 0.333. The number of rotatable bonds is 6. The van der Waals surface area contributed by atoms with Crippen molar-refractivity contribution in [2.45, 2.75) is 25.9 Å². The van der Waals surface area contributed by atoms with Crippen molar-refractivity contribution in [2.24, 2.45) is 0 Å². The van der Waals surface area contributed by atoms with Gasteiger partial charge in [-0.2, -0.15) is 0 Å². The number of halogens is 1. The van der Waals surface area contributed by atoms with Crippen molar-refractivity contribution in [3.63, 3.8) is 0 Å². The van der Waals surface area contributed by atoms with Crippen molar-refractivity contribution in [3.8, 4) is 11.3 Å². The Hall–Kier alpha value is -1.85. The highest BCUT2D eigenvalue weighted by atomic mass is 35.5. The van der Waals surface area contributed by atoms with Crippen molar-refractivity contribution in [3.05, 3.63) is 41.1 Å². The van der Waals surface area contributed by atoms with Crippen molar-refractivity contribution >= 4 is 17.5 Å². The number of aliphatic hydroxyl groups is 1. The van der Waals surface area contributed by atoms with Crippen LogP contribution in [0.25, 0.3) is 11.3 Å². The van der Waals surface area contributed by atoms with Gasteiger partial charge in [-0.15, -0.1) is 0 Å². The third-order valence-corrected chi connectivity index (χ3v) is 3.32. The maximum absolute atomic E-state index is 11.9. The van der Waals surface area contributed by atoms with Gasteiger partial charge in [-0.25, -0.2) is 0 Å². The predicted octanol–water partition coefficient (Wildman–Crippen LogP) is 2.89. The van der Waals surface area contributed by atoms with Gasteiger partial charge >= 0.3 is 0 Å². The van der Waals surface area contributed by atoms with Crippen LogP contribution in [-0.2, 0) is 0 Å². The van der Waals surface area contributed by atoms with Gasteiger partial charge < -0.3 is 14.9 Å². The lowest BCUT2D eigenvalue weighted by Gasteiger charge is -2.07. The summed E-state index contributed by atoms with van der Waals surface area (Å²) in [5.74, 6) is -0.213. The number of amides is 1. The van der Waals surface area contributed by atoms with Crippen LogP contribution in [-0.4, -0.2) is 28.8 Å². The minimum atomic E-state index is -0.401. The lowest BCUT2D eigenvalue weighted by atomic mass is 10.1. The van der Waals surface area contributed by atoms with E-state index in [0.29, 0.717) is 30.1 Å². The summed E-state index contributed by atoms with van der Waals surface area (Å²) in [4.78, 5) is 11.9. The molecule has 0 radical (unpaired) electrons. The van der Waals surface area contributed by atoms with Crippen molar-refractivity contribution in [1.29, 1.82) is 0 Å². The van der Waals surface area contributed by atoms with Gasteiger partial charge in [0.2, 0.25) is 5.76 Å². The molecule has 1 aromatic carbocycles. The van der Waals surface area contributed by atoms with Crippen LogP contribution in [0.4, 0.5) is 0 Å². The number of nitrogens with zero attached hydrogens (tertiary/aromatic N) is 1. The lowest BCUT2D eigenvalue weighted by Crippen LogP contribution is -2.26. The molecule has 0 fully saturated rings. The van der Waals surface area contributed by atoms with E-state index < -0.39 is 6.10 Å². The van der Waals surface area contributed by atoms with E-state index in [1.54, 1.807) is 24.3 Å². The molecule has 21 heavy (non-hydrogen) atoms. The number of aromatic nitrogens is 1. The molecule has 0 aliphatic carbocycles. The molecule has 1 unspecified atom stereocenters. The molecule has 112 valence electrons. The van der Waals surface area contributed by atoms with Crippen molar-refractivity contribution in [1.82, 2.24) is 10.5 Å². The van der Waals surface area contributed by atoms with Gasteiger partial charge in [0.25, 0.3) is 5.91 Å². The first-order chi connectivity index (χ1) is 10.1. The van der Waals surface area contributed by atoms with Crippen LogP contribution in [0, 0.1) is 0 Å². The van der Waals surface area contributed by atoms with Crippen molar-refractivity contribution in [2.75, 3.05) is 6.54 Å². The van der Waals surface area contributed by atoms with Crippen LogP contribution in [0.15, 0.2) is 34.9 Å². The maximum Gasteiger partial charge on any atom is 0.289 e. The van der Waals surface area contributed by atoms with Crippen LogP contribution in [0.2, 0.25) is 5.02 Å². The first kappa shape index (κ1) is 15.5. The summed E-state index contributed by atoms with van der Waals surface area (Å²) >= 11 is 5.91. The summed E-state index contributed by atoms with van der Waals surface area (Å²) in [6.45, 7) is 2.28. The van der Waals surface area contributed by atoms with Gasteiger partial charge in [0.1, 0.15) is 5.69 Å². The number of carbonyl (C=O) groups is 1. The largest absolute Gasteiger partial charge is 0.393 e. The Morgan fingerprint density at radius 1 is 1.48 bits per heavy atom. The Morgan fingerprint density at radius 2 is 2.29 bits per heavy atom. The van der Waals surface area contributed by atoms with Gasteiger partial charge in [-0.3, -0.25) is 4.79 Å². The molecule has 2 rings (SSSR count). The second-order valence-corrected chi connectivity index (χ2v) is 5.13. The zero-order valence-corrected chi connectivity index (χ0v) is 12.4. The molecular formula is C15H17ClN2O3. The number of hydrogen-bond donors (Lipinski definition) is 2. The molecule has 1 aromatic heterocycles. The normalized spacial score (nSPS) is 12.1. The Morgan fingerprint density at radius 3 is 3.00 bits per heavy atom. The van der Waals surface area contributed by atoms with Crippen LogP contribution in [0.3, 0.4) is 0 Å². The fourth-order valence-electron chi connectivity index (χ4n) is 1.81. The highest BCUT2D eigenvalue weighted by molar-refractivity contribution is 6.30. The first-order valence-corrected chi connectivity index (χ1v) is 7.17. The topological polar surface area (TPSA) is 75.4 Å². The van der Waals surface area contributed by atoms with E-state index in [1.165, 1.54) is 0 Å². The van der Waals surface area contributed by atoms with E-state index in [2.05, 4.69) is 10.5 Å². The third kappa shape index (κ3) is 4.31. The quantitative estimate of drug-likeness (QED) is 0.860. The van der Waals surface area contributed by atoms with Crippen LogP contribution in [0.1, 0.15) is 30.3 Å². The molecule has 0 spiro atoms. The van der Waals surface area contributed by atoms with E-state index in [1.807, 2.05) is 13.0 Å². The van der Waals surface area contributed by atoms with E-state index in [4.69, 9.17) is 16.1 Å². The third-order valence-electron chi connectivity index (χ3n) is 3.09. The summed E-state index contributed by atoms with van der Waals surface area (Å²) < 4.78 is 5.04. The highest BCUT2D eigenvalue weighted by Crippen LogP contribution is 2.22. The lowest BCUT2D eigenvalue weighted by molar-refractivity contribution is 0.0905. The maximum atomic E-state index is 11.9. The van der Waals surface area contributed by atoms with Gasteiger partial charge in [-0.05, 0) is 25.0 Å². The Bertz CT molecular complexity index is 612. The van der Waals surface area contributed by atoms with Gasteiger partial charge in [0.05, 0.1) is 6.10 Å². The van der Waals surface area contributed by atoms with E-state index in [9.17, 15) is 9.90 Å². The first-order valence-electron chi connectivity index (χ1n) is 6.79. The molecule has 1 atom stereocenters. The Kier molecular flexibility index (Phi) is 5.36. The summed E-state index contributed by atoms with van der Waals surface area (Å²) in [6, 6.07) is 8.72. The minimum absolute atomic E-state index is 0.135. The highest BCUT2D eigenvalue weighted by Gasteiger charge is 2.14. The smallest absolute Gasteiger partial charge is 0.289 e. The van der Waals surface area contributed by atoms with Crippen LogP contribution >= 0.6 is 11.6 Å². The fourth-order valence-corrected chi connectivity index (χ4v) is 2.00. The van der Waals surface area contributed by atoms with Crippen molar-refractivity contribution < 1.29 is 14.4 Å². The van der Waals surface area contributed by atoms with Crippen LogP contribution < -0.4 is 5.32 Å². The summed E-state index contributed by atoms with van der Waals surface area (Å²) in [7, 11) is 0. The second-order valence-electron chi connectivity index (χ2n) is 4.69. The average molecular weight is 309 g/mol. The molecule has 1 heterocycles. The molecule has 1 amide bonds. The average Bonchev–Trinajstić information content (AvgIpc) is 2.97. The van der Waals surface area contributed by atoms with E-state index >= 15 is 0 Å². The molecule has 0 aliphatic heterocycles. The standard InChI is InChI=1S/C15H17ClN2O3/c1-2-12(19)6-7-17-15(20)14-9-13(18-21-14)10-4-3-5-11(16)8-10/h3-5,8-9,12,19H,2,6-7H2,1H3,(H,17,20). The second kappa shape index (κ2) is 7.24. The number of aliphatic hydroxyl groups excluding tert-OH is 1. The minimum Gasteiger partial charge on any atom is -0.393 e. The molecule has 2 N–H and O–H groups in total. The zero-order chi connectivity index (χ0) is 15.2. The molecule has 0 aliphatic rings. The van der Waals surface area contributed by atoms with E-state index in [0.717, 1.165) is 5.56 Å². The summed E-state index contributed by atoms with van der Waals surface area (Å²) in [5.41, 5.74) is 1.34. The van der Waals surface area contributed by atoms with Crippen LogP contribution in [0.5, 0.6) is 0 Å². The predicted molar refractivity (Wildman–Crippen MR) is 80.2 cm³/mol. The van der Waals surface area contributed by atoms with Gasteiger partial charge in [0.15, 0.2) is 0 Å². The number of carbonyl (C=O) groups excluding carboxylic acids is 1. The molecule has 0 bridgehead atoms. The summed E-state index contributed by atoms with van der Waals surface area (Å²) in [5, 5.41) is 16.6. The number of hydrogen-bond acceptors (Lipinski definition) is 4. The zero-order valence-electron chi connectivity index (χ0n) is 11.7. The molecule has 2 aromatic rings. The molecular weight excluding hydrogens is 292 g/mol. The number of nitrogens with one attached hydrogen (secondary N) is 1. The van der Waals surface area contributed by atoms with Gasteiger partial charge in [-0.1, -0.05) is 35.8 Å².